The van der Waals surface area contributed by atoms with E-state index in [-0.39, 0.29) is 0 Å². The summed E-state index contributed by atoms with van der Waals surface area (Å²) in [6.07, 6.45) is 1.02. The van der Waals surface area contributed by atoms with Crippen molar-refractivity contribution in [2.24, 2.45) is 0 Å². The smallest absolute Gasteiger partial charge is 0.120 e. The molecular weight excluding hydrogens is 258 g/mol. The normalized spacial score (nSPS) is 10.3. The molecule has 2 aromatic carbocycles. The molecule has 0 aliphatic heterocycles. The third-order valence-corrected chi connectivity index (χ3v) is 3.47. The maximum atomic E-state index is 6.24. The van der Waals surface area contributed by atoms with Gasteiger partial charge in [0.05, 0.1) is 17.8 Å². The van der Waals surface area contributed by atoms with Crippen LogP contribution in [0.1, 0.15) is 18.1 Å². The molecule has 0 heterocycles. The Morgan fingerprint density at radius 3 is 2.53 bits per heavy atom. The Labute approximate surface area is 119 Å². The molecule has 0 aliphatic rings. The number of hydrogen-bond donors (Lipinski definition) is 1. The summed E-state index contributed by atoms with van der Waals surface area (Å²) in [5.74, 6) is 0.759. The molecule has 0 saturated heterocycles. The third-order valence-electron chi connectivity index (χ3n) is 3.16. The van der Waals surface area contributed by atoms with Gasteiger partial charge in [0.15, 0.2) is 0 Å². The Bertz CT molecular complexity index is 581. The van der Waals surface area contributed by atoms with Gasteiger partial charge in [0.1, 0.15) is 5.75 Å². The van der Waals surface area contributed by atoms with Gasteiger partial charge in [-0.3, -0.25) is 0 Å². The average molecular weight is 276 g/mol. The average Bonchev–Trinajstić information content (AvgIpc) is 2.43. The topological polar surface area (TPSA) is 21.3 Å². The van der Waals surface area contributed by atoms with Crippen LogP contribution < -0.4 is 10.1 Å². The molecule has 19 heavy (non-hydrogen) atoms. The fourth-order valence-corrected chi connectivity index (χ4v) is 2.11. The molecule has 0 atom stereocenters. The van der Waals surface area contributed by atoms with E-state index in [1.807, 2.05) is 18.2 Å². The fourth-order valence-electron chi connectivity index (χ4n) is 1.89. The van der Waals surface area contributed by atoms with Crippen molar-refractivity contribution in [1.82, 2.24) is 0 Å². The molecule has 0 fully saturated rings. The van der Waals surface area contributed by atoms with Crippen molar-refractivity contribution in [2.75, 3.05) is 12.4 Å². The van der Waals surface area contributed by atoms with Crippen LogP contribution in [0, 0.1) is 6.92 Å². The Morgan fingerprint density at radius 1 is 1.11 bits per heavy atom. The molecule has 0 saturated carbocycles. The van der Waals surface area contributed by atoms with Crippen LogP contribution in [-0.4, -0.2) is 7.11 Å². The van der Waals surface area contributed by atoms with Crippen molar-refractivity contribution in [1.29, 1.82) is 0 Å². The maximum absolute atomic E-state index is 6.24. The van der Waals surface area contributed by atoms with Crippen LogP contribution in [0.15, 0.2) is 36.4 Å². The number of halogens is 1. The summed E-state index contributed by atoms with van der Waals surface area (Å²) in [7, 11) is 1.63. The molecule has 0 aromatic heterocycles. The zero-order valence-electron chi connectivity index (χ0n) is 11.5. The summed E-state index contributed by atoms with van der Waals surface area (Å²) in [5, 5.41) is 4.03. The highest BCUT2D eigenvalue weighted by molar-refractivity contribution is 6.33. The number of rotatable bonds is 4. The Kier molecular flexibility index (Phi) is 4.33. The summed E-state index contributed by atoms with van der Waals surface area (Å²) in [6.45, 7) is 4.23. The molecule has 0 unspecified atom stereocenters. The van der Waals surface area contributed by atoms with Crippen molar-refractivity contribution in [2.45, 2.75) is 20.3 Å². The summed E-state index contributed by atoms with van der Waals surface area (Å²) < 4.78 is 5.15. The van der Waals surface area contributed by atoms with Crippen LogP contribution in [0.4, 0.5) is 11.4 Å². The van der Waals surface area contributed by atoms with E-state index in [0.29, 0.717) is 5.02 Å². The fraction of sp³-hybridized carbons (Fsp3) is 0.250. The zero-order chi connectivity index (χ0) is 13.8. The number of benzene rings is 2. The van der Waals surface area contributed by atoms with E-state index in [1.54, 1.807) is 7.11 Å². The minimum Gasteiger partial charge on any atom is -0.497 e. The van der Waals surface area contributed by atoms with Crippen molar-refractivity contribution >= 4 is 23.0 Å². The van der Waals surface area contributed by atoms with Crippen molar-refractivity contribution in [3.8, 4) is 5.75 Å². The van der Waals surface area contributed by atoms with Gasteiger partial charge in [-0.25, -0.2) is 0 Å². The van der Waals surface area contributed by atoms with Gasteiger partial charge in [0.2, 0.25) is 0 Å². The lowest BCUT2D eigenvalue weighted by molar-refractivity contribution is 0.415. The highest BCUT2D eigenvalue weighted by Gasteiger charge is 2.05. The molecule has 0 radical (unpaired) electrons. The zero-order valence-corrected chi connectivity index (χ0v) is 12.2. The molecule has 1 N–H and O–H groups in total. The van der Waals surface area contributed by atoms with Crippen molar-refractivity contribution in [3.05, 3.63) is 52.5 Å². The third kappa shape index (κ3) is 3.21. The molecular formula is C16H18ClNO. The SMILES string of the molecule is CCc1ccc(C)c(Nc2ccc(OC)cc2Cl)c1. The van der Waals surface area contributed by atoms with Crippen LogP contribution >= 0.6 is 11.6 Å². The van der Waals surface area contributed by atoms with Crippen molar-refractivity contribution < 1.29 is 4.74 Å². The number of methoxy groups -OCH3 is 1. The molecule has 2 nitrogen and oxygen atoms in total. The largest absolute Gasteiger partial charge is 0.497 e. The second kappa shape index (κ2) is 5.98. The van der Waals surface area contributed by atoms with Gasteiger partial charge in [-0.15, -0.1) is 0 Å². The minimum atomic E-state index is 0.653. The molecule has 0 bridgehead atoms. The van der Waals surface area contributed by atoms with E-state index >= 15 is 0 Å². The lowest BCUT2D eigenvalue weighted by Gasteiger charge is -2.13. The lowest BCUT2D eigenvalue weighted by atomic mass is 10.1. The first-order valence-corrected chi connectivity index (χ1v) is 6.72. The van der Waals surface area contributed by atoms with Gasteiger partial charge in [0, 0.05) is 11.8 Å². The number of aryl methyl sites for hydroxylation is 2. The monoisotopic (exact) mass is 275 g/mol. The Hall–Kier alpha value is -1.67. The van der Waals surface area contributed by atoms with Gasteiger partial charge in [0.25, 0.3) is 0 Å². The van der Waals surface area contributed by atoms with Gasteiger partial charge >= 0.3 is 0 Å². The molecule has 100 valence electrons. The highest BCUT2D eigenvalue weighted by Crippen LogP contribution is 2.30. The van der Waals surface area contributed by atoms with E-state index in [4.69, 9.17) is 16.3 Å². The highest BCUT2D eigenvalue weighted by atomic mass is 35.5. The van der Waals surface area contributed by atoms with Gasteiger partial charge in [-0.05, 0) is 42.7 Å². The quantitative estimate of drug-likeness (QED) is 0.851. The number of ether oxygens (including phenoxy) is 1. The molecule has 3 heteroatoms. The second-order valence-corrected chi connectivity index (χ2v) is 4.88. The summed E-state index contributed by atoms with van der Waals surface area (Å²) in [5.41, 5.74) is 4.48. The molecule has 0 amide bonds. The first-order chi connectivity index (χ1) is 9.13. The number of hydrogen-bond acceptors (Lipinski definition) is 2. The number of anilines is 2. The van der Waals surface area contributed by atoms with E-state index in [1.165, 1.54) is 11.1 Å². The molecule has 2 rings (SSSR count). The predicted molar refractivity (Wildman–Crippen MR) is 81.8 cm³/mol. The maximum Gasteiger partial charge on any atom is 0.120 e. The van der Waals surface area contributed by atoms with Crippen LogP contribution in [0.3, 0.4) is 0 Å². The van der Waals surface area contributed by atoms with Gasteiger partial charge in [-0.1, -0.05) is 30.7 Å². The number of nitrogens with one attached hydrogen (secondary N) is 1. The molecule has 0 spiro atoms. The van der Waals surface area contributed by atoms with E-state index in [9.17, 15) is 0 Å². The predicted octanol–water partition coefficient (Wildman–Crippen LogP) is 4.96. The van der Waals surface area contributed by atoms with E-state index < -0.39 is 0 Å². The van der Waals surface area contributed by atoms with Crippen LogP contribution in [0.2, 0.25) is 5.02 Å². The van der Waals surface area contributed by atoms with Gasteiger partial charge < -0.3 is 10.1 Å². The minimum absolute atomic E-state index is 0.653. The Balaban J connectivity index is 2.30. The summed E-state index contributed by atoms with van der Waals surface area (Å²) in [6, 6.07) is 12.1. The van der Waals surface area contributed by atoms with E-state index in [2.05, 4.69) is 37.4 Å². The second-order valence-electron chi connectivity index (χ2n) is 4.47. The lowest BCUT2D eigenvalue weighted by Crippen LogP contribution is -1.96. The standard InChI is InChI=1S/C16H18ClNO/c1-4-12-6-5-11(2)16(9-12)18-15-8-7-13(19-3)10-14(15)17/h5-10,18H,4H2,1-3H3. The van der Waals surface area contributed by atoms with Crippen LogP contribution in [0.5, 0.6) is 5.75 Å². The first-order valence-electron chi connectivity index (χ1n) is 6.34. The summed E-state index contributed by atoms with van der Waals surface area (Å²) in [4.78, 5) is 0. The van der Waals surface area contributed by atoms with Crippen molar-refractivity contribution in [3.63, 3.8) is 0 Å². The first kappa shape index (κ1) is 13.8. The van der Waals surface area contributed by atoms with Gasteiger partial charge in [-0.2, -0.15) is 0 Å². The van der Waals surface area contributed by atoms with Crippen LogP contribution in [-0.2, 0) is 6.42 Å². The van der Waals surface area contributed by atoms with Crippen LogP contribution in [0.25, 0.3) is 0 Å². The van der Waals surface area contributed by atoms with E-state index in [0.717, 1.165) is 23.5 Å². The molecule has 2 aromatic rings. The Morgan fingerprint density at radius 2 is 1.89 bits per heavy atom. The summed E-state index contributed by atoms with van der Waals surface area (Å²) >= 11 is 6.24. The molecule has 0 aliphatic carbocycles.